The second-order valence-electron chi connectivity index (χ2n) is 3.93. The van der Waals surface area contributed by atoms with Crippen molar-refractivity contribution >= 4 is 32.5 Å². The largest absolute Gasteiger partial charge is 0.388 e. The Morgan fingerprint density at radius 1 is 1.35 bits per heavy atom. The van der Waals surface area contributed by atoms with Crippen LogP contribution < -0.4 is 0 Å². The maximum absolute atomic E-state index is 9.31. The Bertz CT molecular complexity index is 720. The average Bonchev–Trinajstić information content (AvgIpc) is 2.72. The van der Waals surface area contributed by atoms with Crippen molar-refractivity contribution in [2.24, 2.45) is 0 Å². The molecule has 0 bridgehead atoms. The van der Waals surface area contributed by atoms with Gasteiger partial charge in [0, 0.05) is 9.86 Å². The second kappa shape index (κ2) is 3.78. The highest BCUT2D eigenvalue weighted by atomic mass is 79.9. The second-order valence-corrected chi connectivity index (χ2v) is 4.79. The van der Waals surface area contributed by atoms with E-state index in [1.54, 1.807) is 0 Å². The first-order valence-electron chi connectivity index (χ1n) is 5.25. The Hall–Kier alpha value is -1.46. The summed E-state index contributed by atoms with van der Waals surface area (Å²) < 4.78 is 2.85. The Morgan fingerprint density at radius 3 is 2.94 bits per heavy atom. The van der Waals surface area contributed by atoms with Crippen molar-refractivity contribution in [2.45, 2.75) is 13.5 Å². The molecule has 86 valence electrons. The number of fused-ring (bicyclic) bond motifs is 3. The van der Waals surface area contributed by atoms with E-state index in [0.29, 0.717) is 5.82 Å². The highest BCUT2D eigenvalue weighted by Gasteiger charge is 2.12. The summed E-state index contributed by atoms with van der Waals surface area (Å²) in [6, 6.07) is 7.99. The molecule has 0 radical (unpaired) electrons. The lowest BCUT2D eigenvalue weighted by Gasteiger charge is -2.08. The summed E-state index contributed by atoms with van der Waals surface area (Å²) in [6.45, 7) is 1.92. The van der Waals surface area contributed by atoms with Crippen LogP contribution in [0.25, 0.3) is 16.6 Å². The molecule has 3 rings (SSSR count). The first-order chi connectivity index (χ1) is 8.22. The van der Waals surface area contributed by atoms with Crippen molar-refractivity contribution < 1.29 is 5.11 Å². The van der Waals surface area contributed by atoms with Gasteiger partial charge in [-0.1, -0.05) is 12.1 Å². The predicted molar refractivity (Wildman–Crippen MR) is 68.9 cm³/mol. The van der Waals surface area contributed by atoms with Crippen LogP contribution in [0.2, 0.25) is 0 Å². The van der Waals surface area contributed by atoms with Gasteiger partial charge in [-0.05, 0) is 40.5 Å². The minimum atomic E-state index is -0.124. The number of aliphatic hydroxyl groups is 1. The maximum atomic E-state index is 9.31. The number of pyridine rings is 1. The van der Waals surface area contributed by atoms with Crippen LogP contribution in [-0.2, 0) is 6.61 Å². The van der Waals surface area contributed by atoms with E-state index in [1.807, 2.05) is 29.5 Å². The van der Waals surface area contributed by atoms with Crippen molar-refractivity contribution in [3.05, 3.63) is 40.1 Å². The molecule has 1 aromatic carbocycles. The zero-order valence-corrected chi connectivity index (χ0v) is 10.8. The number of hydrogen-bond donors (Lipinski definition) is 1. The smallest absolute Gasteiger partial charge is 0.163 e. The third-order valence-corrected chi connectivity index (χ3v) is 3.52. The van der Waals surface area contributed by atoms with E-state index >= 15 is 0 Å². The fourth-order valence-electron chi connectivity index (χ4n) is 2.10. The standard InChI is InChI=1S/C12H10BrN3O/c1-7-5-10-14-15-11(6-17)16(10)12-8(7)3-2-4-9(12)13/h2-5,17H,6H2,1H3. The molecule has 0 aliphatic rings. The molecular weight excluding hydrogens is 282 g/mol. The first-order valence-corrected chi connectivity index (χ1v) is 6.04. The molecule has 0 amide bonds. The number of benzene rings is 1. The number of aromatic nitrogens is 3. The molecule has 2 heterocycles. The molecule has 0 saturated heterocycles. The molecule has 0 fully saturated rings. The molecule has 17 heavy (non-hydrogen) atoms. The molecule has 2 aromatic heterocycles. The van der Waals surface area contributed by atoms with Gasteiger partial charge in [0.05, 0.1) is 5.52 Å². The van der Waals surface area contributed by atoms with Gasteiger partial charge in [-0.2, -0.15) is 0 Å². The Balaban J connectivity index is 2.63. The van der Waals surface area contributed by atoms with Gasteiger partial charge < -0.3 is 5.11 Å². The molecule has 0 spiro atoms. The molecule has 0 aliphatic heterocycles. The van der Waals surface area contributed by atoms with Crippen molar-refractivity contribution in [2.75, 3.05) is 0 Å². The molecule has 3 aromatic rings. The minimum absolute atomic E-state index is 0.124. The lowest BCUT2D eigenvalue weighted by atomic mass is 10.1. The minimum Gasteiger partial charge on any atom is -0.388 e. The van der Waals surface area contributed by atoms with Gasteiger partial charge in [-0.3, -0.25) is 4.40 Å². The molecular formula is C12H10BrN3O. The predicted octanol–water partition coefficient (Wildman–Crippen LogP) is 2.45. The van der Waals surface area contributed by atoms with Gasteiger partial charge in [0.15, 0.2) is 11.5 Å². The summed E-state index contributed by atoms with van der Waals surface area (Å²) >= 11 is 3.54. The summed E-state index contributed by atoms with van der Waals surface area (Å²) in [6.07, 6.45) is 0. The zero-order valence-electron chi connectivity index (χ0n) is 9.18. The van der Waals surface area contributed by atoms with Gasteiger partial charge in [0.25, 0.3) is 0 Å². The van der Waals surface area contributed by atoms with E-state index < -0.39 is 0 Å². The fraction of sp³-hybridized carbons (Fsp3) is 0.167. The highest BCUT2D eigenvalue weighted by Crippen LogP contribution is 2.28. The summed E-state index contributed by atoms with van der Waals surface area (Å²) in [4.78, 5) is 0. The van der Waals surface area contributed by atoms with Crippen molar-refractivity contribution in [1.82, 2.24) is 14.6 Å². The molecule has 0 unspecified atom stereocenters. The Kier molecular flexibility index (Phi) is 2.38. The monoisotopic (exact) mass is 291 g/mol. The number of halogens is 1. The van der Waals surface area contributed by atoms with Crippen LogP contribution in [-0.4, -0.2) is 19.7 Å². The van der Waals surface area contributed by atoms with E-state index in [-0.39, 0.29) is 6.61 Å². The molecule has 0 atom stereocenters. The third-order valence-electron chi connectivity index (χ3n) is 2.88. The van der Waals surface area contributed by atoms with Gasteiger partial charge in [0.2, 0.25) is 0 Å². The fourth-order valence-corrected chi connectivity index (χ4v) is 2.65. The number of aliphatic hydroxyl groups excluding tert-OH is 1. The van der Waals surface area contributed by atoms with Gasteiger partial charge in [-0.15, -0.1) is 10.2 Å². The first kappa shape index (κ1) is 10.7. The van der Waals surface area contributed by atoms with E-state index in [0.717, 1.165) is 26.6 Å². The van der Waals surface area contributed by atoms with Crippen LogP contribution in [0.1, 0.15) is 11.4 Å². The van der Waals surface area contributed by atoms with Crippen molar-refractivity contribution in [3.63, 3.8) is 0 Å². The zero-order chi connectivity index (χ0) is 12.0. The number of hydrogen-bond acceptors (Lipinski definition) is 3. The highest BCUT2D eigenvalue weighted by molar-refractivity contribution is 9.10. The van der Waals surface area contributed by atoms with Crippen molar-refractivity contribution in [3.8, 4) is 0 Å². The number of nitrogens with zero attached hydrogens (tertiary/aromatic N) is 3. The molecule has 5 heteroatoms. The summed E-state index contributed by atoms with van der Waals surface area (Å²) in [5.74, 6) is 0.553. The van der Waals surface area contributed by atoms with E-state index in [2.05, 4.69) is 32.2 Å². The normalized spacial score (nSPS) is 11.5. The summed E-state index contributed by atoms with van der Waals surface area (Å²) in [7, 11) is 0. The van der Waals surface area contributed by atoms with Crippen LogP contribution >= 0.6 is 15.9 Å². The number of aryl methyl sites for hydroxylation is 1. The topological polar surface area (TPSA) is 50.4 Å². The summed E-state index contributed by atoms with van der Waals surface area (Å²) in [5.41, 5.74) is 2.90. The quantitative estimate of drug-likeness (QED) is 0.749. The average molecular weight is 292 g/mol. The van der Waals surface area contributed by atoms with Crippen LogP contribution in [0.4, 0.5) is 0 Å². The van der Waals surface area contributed by atoms with Gasteiger partial charge in [-0.25, -0.2) is 0 Å². The van der Waals surface area contributed by atoms with Crippen LogP contribution in [0.3, 0.4) is 0 Å². The number of rotatable bonds is 1. The van der Waals surface area contributed by atoms with E-state index in [1.165, 1.54) is 0 Å². The van der Waals surface area contributed by atoms with Crippen LogP contribution in [0, 0.1) is 6.92 Å². The lowest BCUT2D eigenvalue weighted by Crippen LogP contribution is -1.97. The maximum Gasteiger partial charge on any atom is 0.163 e. The molecule has 0 saturated carbocycles. The SMILES string of the molecule is Cc1cc2nnc(CO)n2c2c(Br)cccc12. The molecule has 4 nitrogen and oxygen atoms in total. The third kappa shape index (κ3) is 1.46. The Labute approximate surface area is 106 Å². The number of para-hydroxylation sites is 1. The van der Waals surface area contributed by atoms with Gasteiger partial charge >= 0.3 is 0 Å². The Morgan fingerprint density at radius 2 is 2.18 bits per heavy atom. The summed E-state index contributed by atoms with van der Waals surface area (Å²) in [5, 5.41) is 18.5. The van der Waals surface area contributed by atoms with Crippen LogP contribution in [0.15, 0.2) is 28.7 Å². The molecule has 0 aliphatic carbocycles. The van der Waals surface area contributed by atoms with E-state index in [4.69, 9.17) is 0 Å². The van der Waals surface area contributed by atoms with Crippen LogP contribution in [0.5, 0.6) is 0 Å². The van der Waals surface area contributed by atoms with E-state index in [9.17, 15) is 5.11 Å². The van der Waals surface area contributed by atoms with Gasteiger partial charge in [0.1, 0.15) is 6.61 Å². The molecule has 1 N–H and O–H groups in total. The lowest BCUT2D eigenvalue weighted by molar-refractivity contribution is 0.270. The van der Waals surface area contributed by atoms with Crippen molar-refractivity contribution in [1.29, 1.82) is 0 Å².